The van der Waals surface area contributed by atoms with Crippen molar-refractivity contribution in [2.75, 3.05) is 19.8 Å². The zero-order valence-electron chi connectivity index (χ0n) is 15.0. The smallest absolute Gasteiger partial charge is 0.410 e. The van der Waals surface area contributed by atoms with E-state index in [-0.39, 0.29) is 31.0 Å². The van der Waals surface area contributed by atoms with E-state index in [2.05, 4.69) is 24.3 Å². The Hall–Kier alpha value is -2.66. The predicted molar refractivity (Wildman–Crippen MR) is 99.5 cm³/mol. The largest absolute Gasteiger partial charge is 0.448 e. The molecule has 0 radical (unpaired) electrons. The molecule has 27 heavy (non-hydrogen) atoms. The van der Waals surface area contributed by atoms with Gasteiger partial charge in [0, 0.05) is 12.5 Å². The Morgan fingerprint density at radius 1 is 1.07 bits per heavy atom. The molecule has 1 aliphatic carbocycles. The Bertz CT molecular complexity index is 863. The van der Waals surface area contributed by atoms with Crippen molar-refractivity contribution in [2.45, 2.75) is 30.9 Å². The molecule has 2 aromatic rings. The topological polar surface area (TPSA) is 55.8 Å². The van der Waals surface area contributed by atoms with Gasteiger partial charge >= 0.3 is 6.09 Å². The molecule has 2 heterocycles. The first-order valence-electron chi connectivity index (χ1n) is 9.50. The van der Waals surface area contributed by atoms with E-state index in [0.717, 1.165) is 12.8 Å². The van der Waals surface area contributed by atoms with Crippen LogP contribution < -0.4 is 0 Å². The molecule has 2 saturated heterocycles. The number of ether oxygens (including phenoxy) is 2. The summed E-state index contributed by atoms with van der Waals surface area (Å²) in [5.74, 6) is 0.00525. The van der Waals surface area contributed by atoms with Crippen molar-refractivity contribution in [3.63, 3.8) is 0 Å². The second kappa shape index (κ2) is 6.50. The summed E-state index contributed by atoms with van der Waals surface area (Å²) in [4.78, 5) is 26.5. The zero-order valence-corrected chi connectivity index (χ0v) is 15.0. The predicted octanol–water partition coefficient (Wildman–Crippen LogP) is 3.37. The second-order valence-electron chi connectivity index (χ2n) is 7.40. The second-order valence-corrected chi connectivity index (χ2v) is 7.40. The van der Waals surface area contributed by atoms with Crippen LogP contribution in [0.3, 0.4) is 0 Å². The van der Waals surface area contributed by atoms with Gasteiger partial charge in [0.25, 0.3) is 0 Å². The third kappa shape index (κ3) is 2.65. The lowest BCUT2D eigenvalue weighted by atomic mass is 9.98. The lowest BCUT2D eigenvalue weighted by molar-refractivity contribution is -0.121. The zero-order chi connectivity index (χ0) is 18.4. The molecule has 2 aromatic carbocycles. The quantitative estimate of drug-likeness (QED) is 0.821. The summed E-state index contributed by atoms with van der Waals surface area (Å²) < 4.78 is 11.2. The van der Waals surface area contributed by atoms with Gasteiger partial charge < -0.3 is 9.47 Å². The van der Waals surface area contributed by atoms with Gasteiger partial charge in [-0.1, -0.05) is 48.5 Å². The van der Waals surface area contributed by atoms with Crippen LogP contribution in [0, 0.1) is 0 Å². The first kappa shape index (κ1) is 16.5. The van der Waals surface area contributed by atoms with Crippen LogP contribution in [0.2, 0.25) is 0 Å². The normalized spacial score (nSPS) is 23.7. The summed E-state index contributed by atoms with van der Waals surface area (Å²) in [6.45, 7) is 0.922. The van der Waals surface area contributed by atoms with Crippen LogP contribution in [0.5, 0.6) is 0 Å². The maximum absolute atomic E-state index is 12.8. The summed E-state index contributed by atoms with van der Waals surface area (Å²) in [7, 11) is 0. The highest BCUT2D eigenvalue weighted by molar-refractivity contribution is 5.90. The van der Waals surface area contributed by atoms with Crippen molar-refractivity contribution in [3.8, 4) is 11.1 Å². The van der Waals surface area contributed by atoms with Crippen molar-refractivity contribution in [1.82, 2.24) is 4.90 Å². The van der Waals surface area contributed by atoms with Crippen LogP contribution in [0.25, 0.3) is 11.1 Å². The number of hydrogen-bond donors (Lipinski definition) is 0. The number of amides is 1. The standard InChI is InChI=1S/C22H21NO4/c24-19-13-26-20-10-5-11-23(21(19)20)22(25)27-12-18-16-8-3-1-6-14(16)15-7-2-4-9-17(15)18/h1-4,6-9,18,20-21H,5,10-13H2. The van der Waals surface area contributed by atoms with Crippen molar-refractivity contribution >= 4 is 11.9 Å². The molecular weight excluding hydrogens is 342 g/mol. The van der Waals surface area contributed by atoms with Gasteiger partial charge in [0.05, 0.1) is 6.10 Å². The third-order valence-electron chi connectivity index (χ3n) is 5.92. The molecule has 138 valence electrons. The molecule has 0 saturated carbocycles. The average molecular weight is 363 g/mol. The molecule has 2 unspecified atom stereocenters. The van der Waals surface area contributed by atoms with E-state index >= 15 is 0 Å². The highest BCUT2D eigenvalue weighted by Gasteiger charge is 2.45. The highest BCUT2D eigenvalue weighted by Crippen LogP contribution is 2.44. The minimum Gasteiger partial charge on any atom is -0.448 e. The first-order chi connectivity index (χ1) is 13.2. The van der Waals surface area contributed by atoms with E-state index in [1.165, 1.54) is 22.3 Å². The molecule has 5 nitrogen and oxygen atoms in total. The van der Waals surface area contributed by atoms with Gasteiger partial charge in [0.15, 0.2) is 5.78 Å². The van der Waals surface area contributed by atoms with Gasteiger partial charge in [0.2, 0.25) is 0 Å². The van der Waals surface area contributed by atoms with Crippen molar-refractivity contribution in [2.24, 2.45) is 0 Å². The van der Waals surface area contributed by atoms with Crippen LogP contribution in [-0.2, 0) is 14.3 Å². The molecule has 0 N–H and O–H groups in total. The Labute approximate surface area is 157 Å². The molecule has 0 aromatic heterocycles. The fraction of sp³-hybridized carbons (Fsp3) is 0.364. The third-order valence-corrected chi connectivity index (χ3v) is 5.92. The SMILES string of the molecule is O=C1COC2CCCN(C(=O)OCC3c4ccccc4-c4ccccc43)C12. The Morgan fingerprint density at radius 3 is 2.44 bits per heavy atom. The number of likely N-dealkylation sites (tertiary alicyclic amines) is 1. The summed E-state index contributed by atoms with van der Waals surface area (Å²) >= 11 is 0. The van der Waals surface area contributed by atoms with Crippen LogP contribution >= 0.6 is 0 Å². The van der Waals surface area contributed by atoms with E-state index in [4.69, 9.17) is 9.47 Å². The van der Waals surface area contributed by atoms with E-state index in [1.54, 1.807) is 4.90 Å². The molecule has 0 bridgehead atoms. The molecule has 5 heteroatoms. The monoisotopic (exact) mass is 363 g/mol. The molecule has 2 atom stereocenters. The number of benzene rings is 2. The van der Waals surface area contributed by atoms with Crippen LogP contribution in [0.4, 0.5) is 4.79 Å². The highest BCUT2D eigenvalue weighted by atomic mass is 16.6. The molecular formula is C22H21NO4. The number of carbonyl (C=O) groups is 2. The number of piperidine rings is 1. The van der Waals surface area contributed by atoms with Gasteiger partial charge in [-0.2, -0.15) is 0 Å². The van der Waals surface area contributed by atoms with Gasteiger partial charge in [-0.15, -0.1) is 0 Å². The molecule has 2 aliphatic heterocycles. The number of rotatable bonds is 2. The number of hydrogen-bond acceptors (Lipinski definition) is 4. The number of Topliss-reactive ketones (excluding diaryl/α,β-unsaturated/α-hetero) is 1. The van der Waals surface area contributed by atoms with Crippen LogP contribution in [-0.4, -0.2) is 48.7 Å². The number of fused-ring (bicyclic) bond motifs is 4. The minimum atomic E-state index is -0.477. The van der Waals surface area contributed by atoms with Crippen molar-refractivity contribution in [3.05, 3.63) is 59.7 Å². The minimum absolute atomic E-state index is 0.0202. The number of nitrogens with zero attached hydrogens (tertiary/aromatic N) is 1. The molecule has 5 rings (SSSR count). The van der Waals surface area contributed by atoms with E-state index in [9.17, 15) is 9.59 Å². The Balaban J connectivity index is 1.36. The number of ketones is 1. The van der Waals surface area contributed by atoms with Crippen molar-refractivity contribution in [1.29, 1.82) is 0 Å². The fourth-order valence-corrected chi connectivity index (χ4v) is 4.67. The average Bonchev–Trinajstić information content (AvgIpc) is 3.25. The number of carbonyl (C=O) groups excluding carboxylic acids is 2. The summed E-state index contributed by atoms with van der Waals surface area (Å²) in [5, 5.41) is 0. The van der Waals surface area contributed by atoms with E-state index in [0.29, 0.717) is 6.54 Å². The lowest BCUT2D eigenvalue weighted by Crippen LogP contribution is -2.52. The van der Waals surface area contributed by atoms with Gasteiger partial charge in [-0.3, -0.25) is 9.69 Å². The maximum Gasteiger partial charge on any atom is 0.410 e. The van der Waals surface area contributed by atoms with Crippen molar-refractivity contribution < 1.29 is 19.1 Å². The lowest BCUT2D eigenvalue weighted by Gasteiger charge is -2.34. The first-order valence-corrected chi connectivity index (χ1v) is 9.50. The Morgan fingerprint density at radius 2 is 1.74 bits per heavy atom. The fourth-order valence-electron chi connectivity index (χ4n) is 4.67. The van der Waals surface area contributed by atoms with Gasteiger partial charge in [-0.25, -0.2) is 4.79 Å². The molecule has 1 amide bonds. The molecule has 0 spiro atoms. The summed E-state index contributed by atoms with van der Waals surface area (Å²) in [6.07, 6.45) is 1.07. The van der Waals surface area contributed by atoms with Gasteiger partial charge in [0.1, 0.15) is 19.3 Å². The van der Waals surface area contributed by atoms with E-state index < -0.39 is 12.1 Å². The summed E-state index contributed by atoms with van der Waals surface area (Å²) in [5.41, 5.74) is 4.77. The van der Waals surface area contributed by atoms with E-state index in [1.807, 2.05) is 24.3 Å². The molecule has 3 aliphatic rings. The maximum atomic E-state index is 12.8. The Kier molecular flexibility index (Phi) is 3.97. The van der Waals surface area contributed by atoms with Crippen LogP contribution in [0.1, 0.15) is 29.9 Å². The van der Waals surface area contributed by atoms with Crippen LogP contribution in [0.15, 0.2) is 48.5 Å². The summed E-state index contributed by atoms with van der Waals surface area (Å²) in [6, 6.07) is 16.0. The van der Waals surface area contributed by atoms with Gasteiger partial charge in [-0.05, 0) is 35.1 Å². The molecule has 2 fully saturated rings.